The second-order valence-electron chi connectivity index (χ2n) is 8.52. The topological polar surface area (TPSA) is 154 Å². The third kappa shape index (κ3) is 9.89. The van der Waals surface area contributed by atoms with E-state index < -0.39 is 34.1 Å². The fourth-order valence-electron chi connectivity index (χ4n) is 4.04. The van der Waals surface area contributed by atoms with Crippen molar-refractivity contribution in [2.24, 2.45) is 0 Å². The molecular formula is C22H25F6N5O6S. The van der Waals surface area contributed by atoms with Gasteiger partial charge >= 0.3 is 24.3 Å². The van der Waals surface area contributed by atoms with Crippen LogP contribution in [0.4, 0.5) is 32.3 Å². The van der Waals surface area contributed by atoms with Crippen LogP contribution in [0.15, 0.2) is 43.0 Å². The Balaban J connectivity index is 0.000000333. The van der Waals surface area contributed by atoms with Gasteiger partial charge in [0, 0.05) is 57.0 Å². The van der Waals surface area contributed by atoms with Crippen molar-refractivity contribution in [3.63, 3.8) is 0 Å². The van der Waals surface area contributed by atoms with Crippen molar-refractivity contribution in [1.29, 1.82) is 0 Å². The molecule has 0 unspecified atom stereocenters. The average Bonchev–Trinajstić information content (AvgIpc) is 3.11. The molecule has 2 aliphatic rings. The molecule has 0 bridgehead atoms. The number of sulfone groups is 1. The molecule has 4 heterocycles. The van der Waals surface area contributed by atoms with E-state index in [2.05, 4.69) is 24.8 Å². The first kappa shape index (κ1) is 32.7. The molecule has 0 spiro atoms. The third-order valence-electron chi connectivity index (χ3n) is 5.83. The number of carboxylic acid groups (broad SMARTS) is 2. The molecule has 0 radical (unpaired) electrons. The number of nitrogens with zero attached hydrogens (tertiary/aromatic N) is 5. The van der Waals surface area contributed by atoms with Crippen molar-refractivity contribution in [1.82, 2.24) is 19.9 Å². The number of aliphatic carboxylic acids is 2. The fraction of sp³-hybridized carbons (Fsp3) is 0.500. The summed E-state index contributed by atoms with van der Waals surface area (Å²) in [6.07, 6.45) is -1.68. The summed E-state index contributed by atoms with van der Waals surface area (Å²) >= 11 is 0. The first-order valence-electron chi connectivity index (χ1n) is 11.5. The highest BCUT2D eigenvalue weighted by molar-refractivity contribution is 7.92. The second-order valence-corrected chi connectivity index (χ2v) is 10.9. The fourth-order valence-corrected chi connectivity index (χ4v) is 6.08. The van der Waals surface area contributed by atoms with Crippen LogP contribution < -0.4 is 4.90 Å². The van der Waals surface area contributed by atoms with Gasteiger partial charge in [0.2, 0.25) is 5.95 Å². The molecule has 2 fully saturated rings. The second kappa shape index (κ2) is 13.7. The minimum absolute atomic E-state index is 0.0302. The summed E-state index contributed by atoms with van der Waals surface area (Å²) in [5.74, 6) is -4.60. The predicted molar refractivity (Wildman–Crippen MR) is 127 cm³/mol. The van der Waals surface area contributed by atoms with Gasteiger partial charge in [-0.15, -0.1) is 0 Å². The summed E-state index contributed by atoms with van der Waals surface area (Å²) in [5, 5.41) is 13.9. The average molecular weight is 602 g/mol. The number of hydrogen-bond acceptors (Lipinski definition) is 9. The zero-order valence-corrected chi connectivity index (χ0v) is 21.4. The molecule has 2 aliphatic heterocycles. The molecular weight excluding hydrogens is 576 g/mol. The van der Waals surface area contributed by atoms with Gasteiger partial charge in [0.1, 0.15) is 0 Å². The van der Waals surface area contributed by atoms with Crippen LogP contribution in [0.1, 0.15) is 18.4 Å². The third-order valence-corrected chi connectivity index (χ3v) is 8.05. The molecule has 11 nitrogen and oxygen atoms in total. The first-order chi connectivity index (χ1) is 18.5. The van der Waals surface area contributed by atoms with Gasteiger partial charge < -0.3 is 15.1 Å². The van der Waals surface area contributed by atoms with E-state index in [0.29, 0.717) is 25.5 Å². The van der Waals surface area contributed by atoms with Gasteiger partial charge in [-0.1, -0.05) is 6.07 Å². The smallest absolute Gasteiger partial charge is 0.475 e. The van der Waals surface area contributed by atoms with Gasteiger partial charge in [0.05, 0.1) is 11.0 Å². The molecule has 0 aliphatic carbocycles. The van der Waals surface area contributed by atoms with Crippen molar-refractivity contribution in [3.05, 3.63) is 48.5 Å². The molecule has 2 N–H and O–H groups in total. The SMILES string of the molecule is O=C(O)C(F)(F)F.O=C(O)C(F)(F)F.O=S1(=O)CCN(Cc2cccnc2)[C@H]2CCN(c3ncccn3)CC[C@H]21. The first-order valence-corrected chi connectivity index (χ1v) is 13.2. The number of alkyl halides is 6. The van der Waals surface area contributed by atoms with E-state index >= 15 is 0 Å². The van der Waals surface area contributed by atoms with Crippen LogP contribution in [0.3, 0.4) is 0 Å². The van der Waals surface area contributed by atoms with Crippen LogP contribution in [-0.2, 0) is 26.0 Å². The summed E-state index contributed by atoms with van der Waals surface area (Å²) in [6.45, 7) is 2.77. The van der Waals surface area contributed by atoms with Crippen LogP contribution in [0.2, 0.25) is 0 Å². The van der Waals surface area contributed by atoms with Crippen LogP contribution in [0, 0.1) is 0 Å². The Bertz CT molecular complexity index is 1190. The number of carbonyl (C=O) groups is 2. The highest BCUT2D eigenvalue weighted by Crippen LogP contribution is 2.30. The Morgan fingerprint density at radius 2 is 1.45 bits per heavy atom. The molecule has 0 aromatic carbocycles. The van der Waals surface area contributed by atoms with E-state index in [1.807, 2.05) is 18.3 Å². The van der Waals surface area contributed by atoms with Crippen molar-refractivity contribution in [2.45, 2.75) is 43.0 Å². The lowest BCUT2D eigenvalue weighted by atomic mass is 10.1. The molecule has 0 amide bonds. The highest BCUT2D eigenvalue weighted by atomic mass is 32.2. The van der Waals surface area contributed by atoms with Crippen LogP contribution >= 0.6 is 0 Å². The Labute approximate surface area is 224 Å². The zero-order valence-electron chi connectivity index (χ0n) is 20.6. The molecule has 18 heteroatoms. The number of aromatic nitrogens is 3. The van der Waals surface area contributed by atoms with E-state index in [9.17, 15) is 34.8 Å². The highest BCUT2D eigenvalue weighted by Gasteiger charge is 2.43. The summed E-state index contributed by atoms with van der Waals surface area (Å²) in [6, 6.07) is 5.80. The summed E-state index contributed by atoms with van der Waals surface area (Å²) in [4.78, 5) is 35.1. The molecule has 0 saturated carbocycles. The lowest BCUT2D eigenvalue weighted by Gasteiger charge is -2.40. The maximum absolute atomic E-state index is 12.7. The van der Waals surface area contributed by atoms with Gasteiger partial charge in [-0.2, -0.15) is 26.3 Å². The van der Waals surface area contributed by atoms with E-state index in [1.54, 1.807) is 24.7 Å². The van der Waals surface area contributed by atoms with E-state index in [1.165, 1.54) is 0 Å². The van der Waals surface area contributed by atoms with Crippen molar-refractivity contribution >= 4 is 27.7 Å². The molecule has 40 heavy (non-hydrogen) atoms. The number of halogens is 6. The van der Waals surface area contributed by atoms with Crippen LogP contribution in [0.5, 0.6) is 0 Å². The van der Waals surface area contributed by atoms with E-state index in [4.69, 9.17) is 19.8 Å². The molecule has 2 aromatic rings. The van der Waals surface area contributed by atoms with Crippen molar-refractivity contribution in [3.8, 4) is 0 Å². The standard InChI is InChI=1S/C18H23N5O2S.2C2HF3O2/c24-26(25)12-11-23(14-15-3-1-6-19-13-15)16-4-9-22(10-5-17(16)26)18-20-7-2-8-21-18;2*3-2(4,5)1(6)7/h1-3,6-8,13,16-17H,4-5,9-12,14H2;2*(H,6,7)/t16-,17+;;/m0../s1. The number of anilines is 1. The quantitative estimate of drug-likeness (QED) is 0.499. The van der Waals surface area contributed by atoms with Gasteiger partial charge in [-0.3, -0.25) is 9.88 Å². The van der Waals surface area contributed by atoms with Crippen LogP contribution in [0.25, 0.3) is 0 Å². The molecule has 2 atom stereocenters. The summed E-state index contributed by atoms with van der Waals surface area (Å²) < 4.78 is 88.9. The lowest BCUT2D eigenvalue weighted by Crippen LogP contribution is -2.54. The summed E-state index contributed by atoms with van der Waals surface area (Å²) in [5.41, 5.74) is 1.12. The Morgan fingerprint density at radius 1 is 0.900 bits per heavy atom. The minimum Gasteiger partial charge on any atom is -0.475 e. The number of carboxylic acids is 2. The number of hydrogen-bond donors (Lipinski definition) is 2. The monoisotopic (exact) mass is 601 g/mol. The maximum Gasteiger partial charge on any atom is 0.490 e. The maximum atomic E-state index is 12.7. The number of rotatable bonds is 3. The summed E-state index contributed by atoms with van der Waals surface area (Å²) in [7, 11) is -3.06. The van der Waals surface area contributed by atoms with Crippen LogP contribution in [-0.4, -0.2) is 99.5 Å². The molecule has 2 saturated heterocycles. The molecule has 2 aromatic heterocycles. The predicted octanol–water partition coefficient (Wildman–Crippen LogP) is 2.41. The molecule has 222 valence electrons. The van der Waals surface area contributed by atoms with Gasteiger partial charge in [-0.25, -0.2) is 28.0 Å². The Hall–Kier alpha value is -3.54. The van der Waals surface area contributed by atoms with E-state index in [0.717, 1.165) is 25.1 Å². The van der Waals surface area contributed by atoms with Gasteiger partial charge in [-0.05, 0) is 30.5 Å². The lowest BCUT2D eigenvalue weighted by molar-refractivity contribution is -0.193. The minimum atomic E-state index is -5.08. The number of fused-ring (bicyclic) bond motifs is 1. The van der Waals surface area contributed by atoms with Gasteiger partial charge in [0.25, 0.3) is 0 Å². The van der Waals surface area contributed by atoms with Gasteiger partial charge in [0.15, 0.2) is 9.84 Å². The van der Waals surface area contributed by atoms with Crippen molar-refractivity contribution in [2.75, 3.05) is 30.3 Å². The largest absolute Gasteiger partial charge is 0.490 e. The van der Waals surface area contributed by atoms with Crippen molar-refractivity contribution < 1.29 is 54.6 Å². The normalized spacial score (nSPS) is 20.9. The molecule has 4 rings (SSSR count). The number of pyridine rings is 1. The zero-order chi connectivity index (χ0) is 30.1. The Morgan fingerprint density at radius 3 is 1.95 bits per heavy atom. The Kier molecular flexibility index (Phi) is 11.2. The van der Waals surface area contributed by atoms with E-state index in [-0.39, 0.29) is 17.0 Å².